The average molecular weight is 626 g/mol. The fraction of sp³-hybridized carbons (Fsp3) is 0.441. The molecule has 0 saturated heterocycles. The fourth-order valence-corrected chi connectivity index (χ4v) is 6.43. The summed E-state index contributed by atoms with van der Waals surface area (Å²) in [6.45, 7) is 5.91. The van der Waals surface area contributed by atoms with Gasteiger partial charge in [-0.3, -0.25) is 4.79 Å². The number of methoxy groups -OCH3 is 1. The molecule has 0 aliphatic rings. The number of nitrogens with zero attached hydrogens (tertiary/aromatic N) is 1. The third-order valence-electron chi connectivity index (χ3n) is 7.18. The molecule has 0 heterocycles. The summed E-state index contributed by atoms with van der Waals surface area (Å²) in [6, 6.07) is 24.5. The normalized spacial score (nSPS) is 12.9. The van der Waals surface area contributed by atoms with E-state index in [1.54, 1.807) is 7.11 Å². The lowest BCUT2D eigenvalue weighted by atomic mass is 10.0. The number of aliphatic hydroxyl groups is 1. The van der Waals surface area contributed by atoms with E-state index in [4.69, 9.17) is 9.47 Å². The van der Waals surface area contributed by atoms with Crippen molar-refractivity contribution in [3.63, 3.8) is 0 Å². The second-order valence-corrected chi connectivity index (χ2v) is 12.9. The van der Waals surface area contributed by atoms with Crippen LogP contribution in [0.2, 0.25) is 0 Å². The van der Waals surface area contributed by atoms with Crippen molar-refractivity contribution in [2.75, 3.05) is 32.5 Å². The Morgan fingerprint density at radius 2 is 1.57 bits per heavy atom. The summed E-state index contributed by atoms with van der Waals surface area (Å²) < 4.78 is 38.4. The molecule has 2 atom stereocenters. The Labute approximate surface area is 262 Å². The maximum atomic E-state index is 13.0. The number of benzene rings is 3. The van der Waals surface area contributed by atoms with E-state index in [0.29, 0.717) is 51.3 Å². The number of amides is 1. The highest BCUT2D eigenvalue weighted by molar-refractivity contribution is 7.89. The van der Waals surface area contributed by atoms with Crippen molar-refractivity contribution in [3.8, 4) is 11.5 Å². The molecule has 1 amide bonds. The van der Waals surface area contributed by atoms with Gasteiger partial charge in [0, 0.05) is 32.6 Å². The topological polar surface area (TPSA) is 117 Å². The van der Waals surface area contributed by atoms with Gasteiger partial charge >= 0.3 is 0 Å². The molecule has 240 valence electrons. The largest absolute Gasteiger partial charge is 0.497 e. The average Bonchev–Trinajstić information content (AvgIpc) is 3.03. The summed E-state index contributed by atoms with van der Waals surface area (Å²) in [5, 5.41) is 17.3. The number of carbonyl (C=O) groups excluding carboxylic acids is 1. The van der Waals surface area contributed by atoms with Crippen molar-refractivity contribution < 1.29 is 27.8 Å². The quantitative estimate of drug-likeness (QED) is 0.172. The molecule has 44 heavy (non-hydrogen) atoms. The lowest BCUT2D eigenvalue weighted by Gasteiger charge is -2.25. The number of sulfonamides is 1. The van der Waals surface area contributed by atoms with Gasteiger partial charge in [-0.15, -0.1) is 0 Å². The van der Waals surface area contributed by atoms with Crippen molar-refractivity contribution in [2.45, 2.75) is 64.8 Å². The molecule has 3 N–H and O–H groups in total. The molecular weight excluding hydrogens is 578 g/mol. The molecule has 0 spiro atoms. The van der Waals surface area contributed by atoms with E-state index in [2.05, 4.69) is 10.6 Å². The van der Waals surface area contributed by atoms with Crippen LogP contribution in [0.5, 0.6) is 11.5 Å². The zero-order chi connectivity index (χ0) is 31.8. The highest BCUT2D eigenvalue weighted by Gasteiger charge is 2.25. The van der Waals surface area contributed by atoms with Crippen LogP contribution in [-0.2, 0) is 34.4 Å². The molecule has 0 bridgehead atoms. The van der Waals surface area contributed by atoms with Gasteiger partial charge < -0.3 is 25.2 Å². The number of rotatable bonds is 20. The first kappa shape index (κ1) is 35.0. The van der Waals surface area contributed by atoms with Gasteiger partial charge in [0.25, 0.3) is 0 Å². The van der Waals surface area contributed by atoms with Gasteiger partial charge in [0.2, 0.25) is 15.9 Å². The SMILES string of the molecule is CCCN(CCC)S(=O)(=O)CCC(=O)N[C@@H](Cc1ccc(OCc2ccccc2)cc1)[C@@H](O)CNCc1cccc(OC)c1. The van der Waals surface area contributed by atoms with Gasteiger partial charge in [-0.1, -0.05) is 68.4 Å². The highest BCUT2D eigenvalue weighted by Crippen LogP contribution is 2.17. The van der Waals surface area contributed by atoms with Crippen molar-refractivity contribution in [1.29, 1.82) is 0 Å². The molecule has 0 unspecified atom stereocenters. The van der Waals surface area contributed by atoms with E-state index in [9.17, 15) is 18.3 Å². The molecule has 0 saturated carbocycles. The van der Waals surface area contributed by atoms with E-state index in [0.717, 1.165) is 22.4 Å². The van der Waals surface area contributed by atoms with Gasteiger partial charge in [-0.05, 0) is 60.2 Å². The standard InChI is InChI=1S/C34H47N3O6S/c1-4-19-37(20-5-2)44(40,41)21-18-34(39)36-32(33(38)25-35-24-29-12-9-13-31(22-29)42-3)23-27-14-16-30(17-15-27)43-26-28-10-7-6-8-11-28/h6-17,22,32-33,35,38H,4-5,18-21,23-26H2,1-3H3,(H,36,39)/t32-,33-/m0/s1. The summed E-state index contributed by atoms with van der Waals surface area (Å²) in [6.07, 6.45) is 0.666. The zero-order valence-corrected chi connectivity index (χ0v) is 26.9. The molecule has 10 heteroatoms. The molecule has 3 aromatic rings. The summed E-state index contributed by atoms with van der Waals surface area (Å²) in [5.74, 6) is 0.773. The summed E-state index contributed by atoms with van der Waals surface area (Å²) in [7, 11) is -1.95. The molecule has 0 aliphatic carbocycles. The van der Waals surface area contributed by atoms with E-state index in [1.165, 1.54) is 4.31 Å². The van der Waals surface area contributed by atoms with Gasteiger partial charge in [0.1, 0.15) is 18.1 Å². The Kier molecular flexibility index (Phi) is 14.6. The van der Waals surface area contributed by atoms with Crippen LogP contribution in [0.4, 0.5) is 0 Å². The molecule has 0 fully saturated rings. The molecule has 0 aromatic heterocycles. The van der Waals surface area contributed by atoms with Crippen LogP contribution in [0, 0.1) is 0 Å². The number of nitrogens with one attached hydrogen (secondary N) is 2. The monoisotopic (exact) mass is 625 g/mol. The lowest BCUT2D eigenvalue weighted by Crippen LogP contribution is -2.49. The first-order valence-electron chi connectivity index (χ1n) is 15.3. The van der Waals surface area contributed by atoms with Crippen LogP contribution < -0.4 is 20.1 Å². The Hall–Kier alpha value is -3.44. The number of hydrogen-bond acceptors (Lipinski definition) is 7. The second-order valence-electron chi connectivity index (χ2n) is 10.8. The van der Waals surface area contributed by atoms with Crippen molar-refractivity contribution >= 4 is 15.9 Å². The van der Waals surface area contributed by atoms with E-state index >= 15 is 0 Å². The van der Waals surface area contributed by atoms with E-state index < -0.39 is 28.1 Å². The molecular formula is C34H47N3O6S. The maximum absolute atomic E-state index is 13.0. The molecule has 3 aromatic carbocycles. The number of aliphatic hydroxyl groups excluding tert-OH is 1. The maximum Gasteiger partial charge on any atom is 0.221 e. The van der Waals surface area contributed by atoms with Crippen molar-refractivity contribution in [3.05, 3.63) is 95.6 Å². The first-order chi connectivity index (χ1) is 21.2. The minimum atomic E-state index is -3.56. The van der Waals surface area contributed by atoms with Crippen LogP contribution in [0.1, 0.15) is 49.8 Å². The van der Waals surface area contributed by atoms with Gasteiger partial charge in [0.15, 0.2) is 0 Å². The number of hydrogen-bond donors (Lipinski definition) is 3. The van der Waals surface area contributed by atoms with Gasteiger partial charge in [0.05, 0.1) is 25.0 Å². The van der Waals surface area contributed by atoms with Crippen LogP contribution in [0.25, 0.3) is 0 Å². The van der Waals surface area contributed by atoms with E-state index in [-0.39, 0.29) is 18.7 Å². The van der Waals surface area contributed by atoms with Crippen molar-refractivity contribution in [1.82, 2.24) is 14.9 Å². The third kappa shape index (κ3) is 11.9. The Morgan fingerprint density at radius 1 is 0.886 bits per heavy atom. The lowest BCUT2D eigenvalue weighted by molar-refractivity contribution is -0.122. The fourth-order valence-electron chi connectivity index (χ4n) is 4.81. The van der Waals surface area contributed by atoms with Crippen LogP contribution in [0.15, 0.2) is 78.9 Å². The van der Waals surface area contributed by atoms with Crippen molar-refractivity contribution in [2.24, 2.45) is 0 Å². The molecule has 3 rings (SSSR count). The van der Waals surface area contributed by atoms with Crippen LogP contribution in [-0.4, -0.2) is 68.4 Å². The minimum absolute atomic E-state index is 0.182. The predicted molar refractivity (Wildman–Crippen MR) is 174 cm³/mol. The van der Waals surface area contributed by atoms with Crippen LogP contribution in [0.3, 0.4) is 0 Å². The summed E-state index contributed by atoms with van der Waals surface area (Å²) in [4.78, 5) is 13.0. The van der Waals surface area contributed by atoms with Gasteiger partial charge in [-0.2, -0.15) is 0 Å². The summed E-state index contributed by atoms with van der Waals surface area (Å²) in [5.41, 5.74) is 2.97. The number of carbonyl (C=O) groups is 1. The zero-order valence-electron chi connectivity index (χ0n) is 26.1. The molecule has 9 nitrogen and oxygen atoms in total. The predicted octanol–water partition coefficient (Wildman–Crippen LogP) is 4.29. The molecule has 0 radical (unpaired) electrons. The second kappa shape index (κ2) is 18.4. The summed E-state index contributed by atoms with van der Waals surface area (Å²) >= 11 is 0. The molecule has 0 aliphatic heterocycles. The Morgan fingerprint density at radius 3 is 2.23 bits per heavy atom. The Balaban J connectivity index is 1.64. The smallest absolute Gasteiger partial charge is 0.221 e. The Bertz CT molecular complexity index is 1360. The first-order valence-corrected chi connectivity index (χ1v) is 16.9. The van der Waals surface area contributed by atoms with Crippen LogP contribution >= 0.6 is 0 Å². The minimum Gasteiger partial charge on any atom is -0.497 e. The number of ether oxygens (including phenoxy) is 2. The highest BCUT2D eigenvalue weighted by atomic mass is 32.2. The van der Waals surface area contributed by atoms with E-state index in [1.807, 2.05) is 92.7 Å². The van der Waals surface area contributed by atoms with Gasteiger partial charge in [-0.25, -0.2) is 12.7 Å². The third-order valence-corrected chi connectivity index (χ3v) is 9.05.